The van der Waals surface area contributed by atoms with Gasteiger partial charge >= 0.3 is 5.69 Å². The van der Waals surface area contributed by atoms with E-state index in [0.717, 1.165) is 18.4 Å². The lowest BCUT2D eigenvalue weighted by atomic mass is 10.3. The highest BCUT2D eigenvalue weighted by molar-refractivity contribution is 5.60. The third-order valence-electron chi connectivity index (χ3n) is 3.00. The summed E-state index contributed by atoms with van der Waals surface area (Å²) in [5.41, 5.74) is 6.03. The van der Waals surface area contributed by atoms with E-state index in [9.17, 15) is 9.59 Å². The molecule has 8 nitrogen and oxygen atoms in total. The van der Waals surface area contributed by atoms with E-state index in [2.05, 4.69) is 20.5 Å². The molecule has 0 atom stereocenters. The number of hydrogen-bond donors (Lipinski definition) is 4. The number of nitrogens with one attached hydrogen (secondary N) is 3. The molecule has 0 unspecified atom stereocenters. The Kier molecular flexibility index (Phi) is 4.24. The van der Waals surface area contributed by atoms with Gasteiger partial charge in [-0.15, -0.1) is 0 Å². The number of aromatic amines is 2. The SMILES string of the molecule is CCCCn1c(N)c(NCc2cn[nH]c2)c(=O)[nH]c1=O. The zero-order chi connectivity index (χ0) is 14.5. The summed E-state index contributed by atoms with van der Waals surface area (Å²) in [5.74, 6) is 0.163. The van der Waals surface area contributed by atoms with Crippen LogP contribution >= 0.6 is 0 Å². The lowest BCUT2D eigenvalue weighted by Crippen LogP contribution is -2.34. The van der Waals surface area contributed by atoms with Crippen LogP contribution < -0.4 is 22.3 Å². The molecule has 0 aliphatic carbocycles. The molecule has 2 aromatic rings. The maximum atomic E-state index is 11.8. The van der Waals surface area contributed by atoms with Crippen LogP contribution in [0.25, 0.3) is 0 Å². The van der Waals surface area contributed by atoms with Crippen LogP contribution in [0.15, 0.2) is 22.0 Å². The van der Waals surface area contributed by atoms with Crippen LogP contribution in [0.2, 0.25) is 0 Å². The molecule has 0 aromatic carbocycles. The first-order valence-electron chi connectivity index (χ1n) is 6.47. The molecule has 0 spiro atoms. The molecule has 8 heteroatoms. The summed E-state index contributed by atoms with van der Waals surface area (Å²) in [6, 6.07) is 0. The molecule has 0 saturated carbocycles. The van der Waals surface area contributed by atoms with E-state index in [1.807, 2.05) is 6.92 Å². The van der Waals surface area contributed by atoms with Gasteiger partial charge in [0.05, 0.1) is 6.20 Å². The molecule has 0 saturated heterocycles. The fraction of sp³-hybridized carbons (Fsp3) is 0.417. The van der Waals surface area contributed by atoms with Gasteiger partial charge in [0.25, 0.3) is 5.56 Å². The van der Waals surface area contributed by atoms with Crippen molar-refractivity contribution in [3.8, 4) is 0 Å². The zero-order valence-electron chi connectivity index (χ0n) is 11.3. The second-order valence-corrected chi connectivity index (χ2v) is 4.48. The number of nitrogens with two attached hydrogens (primary N) is 1. The van der Waals surface area contributed by atoms with Gasteiger partial charge < -0.3 is 11.1 Å². The lowest BCUT2D eigenvalue weighted by Gasteiger charge is -2.13. The standard InChI is InChI=1S/C12H18N6O2/c1-2-3-4-18-10(13)9(11(19)17-12(18)20)14-5-8-6-15-16-7-8/h6-7,14H,2-5,13H2,1H3,(H,15,16)(H,17,19,20). The van der Waals surface area contributed by atoms with E-state index in [1.54, 1.807) is 12.4 Å². The maximum absolute atomic E-state index is 11.8. The van der Waals surface area contributed by atoms with Crippen molar-refractivity contribution in [2.75, 3.05) is 11.1 Å². The normalized spacial score (nSPS) is 10.7. The number of rotatable bonds is 6. The summed E-state index contributed by atoms with van der Waals surface area (Å²) >= 11 is 0. The van der Waals surface area contributed by atoms with E-state index < -0.39 is 11.2 Å². The molecule has 20 heavy (non-hydrogen) atoms. The molecule has 0 aliphatic rings. The van der Waals surface area contributed by atoms with Crippen LogP contribution in [0, 0.1) is 0 Å². The van der Waals surface area contributed by atoms with Crippen molar-refractivity contribution < 1.29 is 0 Å². The van der Waals surface area contributed by atoms with Gasteiger partial charge in [-0.2, -0.15) is 5.10 Å². The molecule has 0 bridgehead atoms. The van der Waals surface area contributed by atoms with Gasteiger partial charge in [-0.25, -0.2) is 4.79 Å². The largest absolute Gasteiger partial charge is 0.383 e. The predicted octanol–water partition coefficient (Wildman–Crippen LogP) is 0.254. The van der Waals surface area contributed by atoms with Crippen molar-refractivity contribution in [3.05, 3.63) is 38.8 Å². The van der Waals surface area contributed by atoms with Crippen molar-refractivity contribution in [3.63, 3.8) is 0 Å². The third-order valence-corrected chi connectivity index (χ3v) is 3.00. The highest BCUT2D eigenvalue weighted by atomic mass is 16.2. The summed E-state index contributed by atoms with van der Waals surface area (Å²) in [6.07, 6.45) is 5.11. The minimum Gasteiger partial charge on any atom is -0.383 e. The Morgan fingerprint density at radius 2 is 2.25 bits per heavy atom. The van der Waals surface area contributed by atoms with E-state index in [1.165, 1.54) is 4.57 Å². The molecule has 0 aliphatic heterocycles. The topological polar surface area (TPSA) is 122 Å². The first-order valence-corrected chi connectivity index (χ1v) is 6.47. The fourth-order valence-electron chi connectivity index (χ4n) is 1.86. The average molecular weight is 278 g/mol. The van der Waals surface area contributed by atoms with Gasteiger partial charge in [-0.05, 0) is 6.42 Å². The Labute approximate surface area is 115 Å². The minimum absolute atomic E-state index is 0.163. The van der Waals surface area contributed by atoms with Crippen LogP contribution in [-0.4, -0.2) is 19.7 Å². The van der Waals surface area contributed by atoms with E-state index in [0.29, 0.717) is 13.1 Å². The number of hydrogen-bond acceptors (Lipinski definition) is 5. The minimum atomic E-state index is -0.510. The Balaban J connectivity index is 2.27. The molecule has 0 amide bonds. The first kappa shape index (κ1) is 13.9. The predicted molar refractivity (Wildman–Crippen MR) is 76.6 cm³/mol. The Morgan fingerprint density at radius 1 is 1.45 bits per heavy atom. The molecule has 0 radical (unpaired) electrons. The summed E-state index contributed by atoms with van der Waals surface area (Å²) < 4.78 is 1.38. The molecule has 2 aromatic heterocycles. The van der Waals surface area contributed by atoms with Gasteiger partial charge in [0.15, 0.2) is 0 Å². The van der Waals surface area contributed by atoms with Crippen molar-refractivity contribution in [1.82, 2.24) is 19.7 Å². The van der Waals surface area contributed by atoms with Crippen LogP contribution in [0.4, 0.5) is 11.5 Å². The molecular formula is C12H18N6O2. The van der Waals surface area contributed by atoms with Gasteiger partial charge in [0, 0.05) is 24.8 Å². The number of aromatic nitrogens is 4. The lowest BCUT2D eigenvalue weighted by molar-refractivity contribution is 0.605. The highest BCUT2D eigenvalue weighted by Crippen LogP contribution is 2.12. The zero-order valence-corrected chi connectivity index (χ0v) is 11.3. The number of H-pyrrole nitrogens is 2. The Morgan fingerprint density at radius 3 is 2.90 bits per heavy atom. The summed E-state index contributed by atoms with van der Waals surface area (Å²) in [7, 11) is 0. The molecule has 2 heterocycles. The molecule has 0 fully saturated rings. The average Bonchev–Trinajstić information content (AvgIpc) is 2.91. The summed E-state index contributed by atoms with van der Waals surface area (Å²) in [6.45, 7) is 2.90. The second kappa shape index (κ2) is 6.09. The molecule has 108 valence electrons. The monoisotopic (exact) mass is 278 g/mol. The molecule has 2 rings (SSSR count). The van der Waals surface area contributed by atoms with Crippen molar-refractivity contribution in [2.24, 2.45) is 0 Å². The van der Waals surface area contributed by atoms with Gasteiger partial charge in [0.2, 0.25) is 0 Å². The van der Waals surface area contributed by atoms with Crippen molar-refractivity contribution in [2.45, 2.75) is 32.9 Å². The van der Waals surface area contributed by atoms with Gasteiger partial charge in [-0.3, -0.25) is 19.4 Å². The molecular weight excluding hydrogens is 260 g/mol. The van der Waals surface area contributed by atoms with E-state index in [4.69, 9.17) is 5.73 Å². The number of unbranched alkanes of at least 4 members (excludes halogenated alkanes) is 1. The van der Waals surface area contributed by atoms with Crippen molar-refractivity contribution in [1.29, 1.82) is 0 Å². The maximum Gasteiger partial charge on any atom is 0.330 e. The Hall–Kier alpha value is -2.51. The highest BCUT2D eigenvalue weighted by Gasteiger charge is 2.11. The number of nitrogens with zero attached hydrogens (tertiary/aromatic N) is 2. The van der Waals surface area contributed by atoms with Crippen LogP contribution in [-0.2, 0) is 13.1 Å². The first-order chi connectivity index (χ1) is 9.63. The quantitative estimate of drug-likeness (QED) is 0.603. The fourth-order valence-corrected chi connectivity index (χ4v) is 1.86. The van der Waals surface area contributed by atoms with Crippen molar-refractivity contribution >= 4 is 11.5 Å². The van der Waals surface area contributed by atoms with Gasteiger partial charge in [0.1, 0.15) is 11.5 Å². The third kappa shape index (κ3) is 2.90. The second-order valence-electron chi connectivity index (χ2n) is 4.48. The van der Waals surface area contributed by atoms with Crippen LogP contribution in [0.5, 0.6) is 0 Å². The van der Waals surface area contributed by atoms with Crippen LogP contribution in [0.1, 0.15) is 25.3 Å². The van der Waals surface area contributed by atoms with E-state index in [-0.39, 0.29) is 11.5 Å². The Bertz CT molecular complexity index is 670. The number of anilines is 2. The number of nitrogen functional groups attached to an aromatic ring is 1. The van der Waals surface area contributed by atoms with Crippen LogP contribution in [0.3, 0.4) is 0 Å². The van der Waals surface area contributed by atoms with Gasteiger partial charge in [-0.1, -0.05) is 13.3 Å². The smallest absolute Gasteiger partial charge is 0.330 e. The summed E-state index contributed by atoms with van der Waals surface area (Å²) in [5, 5.41) is 9.43. The van der Waals surface area contributed by atoms with E-state index >= 15 is 0 Å². The molecule has 5 N–H and O–H groups in total. The summed E-state index contributed by atoms with van der Waals surface area (Å²) in [4.78, 5) is 25.8.